The summed E-state index contributed by atoms with van der Waals surface area (Å²) in [5.41, 5.74) is 0.554. The summed E-state index contributed by atoms with van der Waals surface area (Å²) >= 11 is 0. The normalized spacial score (nSPS) is 15.5. The lowest BCUT2D eigenvalue weighted by Gasteiger charge is -2.26. The van der Waals surface area contributed by atoms with E-state index in [1.54, 1.807) is 12.1 Å². The van der Waals surface area contributed by atoms with Gasteiger partial charge in [0.05, 0.1) is 18.8 Å². The van der Waals surface area contributed by atoms with Gasteiger partial charge in [-0.2, -0.15) is 0 Å². The van der Waals surface area contributed by atoms with Gasteiger partial charge in [-0.15, -0.1) is 0 Å². The zero-order valence-electron chi connectivity index (χ0n) is 8.73. The summed E-state index contributed by atoms with van der Waals surface area (Å²) in [6, 6.07) is 7.06. The Morgan fingerprint density at radius 3 is 2.40 bits per heavy atom. The number of esters is 1. The Bertz CT molecular complexity index is 338. The van der Waals surface area contributed by atoms with E-state index >= 15 is 0 Å². The Hall–Kier alpha value is -1.51. The van der Waals surface area contributed by atoms with Gasteiger partial charge in [0.15, 0.2) is 0 Å². The van der Waals surface area contributed by atoms with E-state index < -0.39 is 0 Å². The van der Waals surface area contributed by atoms with Crippen molar-refractivity contribution in [2.24, 2.45) is 0 Å². The largest absolute Gasteiger partial charge is 0.490 e. The fraction of sp³-hybridized carbons (Fsp3) is 0.417. The second kappa shape index (κ2) is 4.34. The van der Waals surface area contributed by atoms with Crippen LogP contribution in [-0.2, 0) is 4.74 Å². The van der Waals surface area contributed by atoms with Crippen LogP contribution < -0.4 is 4.74 Å². The van der Waals surface area contributed by atoms with Gasteiger partial charge in [0.2, 0.25) is 0 Å². The molecule has 1 aromatic carbocycles. The summed E-state index contributed by atoms with van der Waals surface area (Å²) < 4.78 is 10.3. The molecule has 0 aliphatic heterocycles. The molecule has 0 amide bonds. The summed E-state index contributed by atoms with van der Waals surface area (Å²) in [6.45, 7) is 0. The summed E-state index contributed by atoms with van der Waals surface area (Å²) in [6.07, 6.45) is 3.90. The van der Waals surface area contributed by atoms with Crippen LogP contribution in [0.5, 0.6) is 5.75 Å². The number of methoxy groups -OCH3 is 1. The smallest absolute Gasteiger partial charge is 0.337 e. The van der Waals surface area contributed by atoms with Crippen molar-refractivity contribution in [1.29, 1.82) is 0 Å². The number of benzene rings is 1. The Morgan fingerprint density at radius 2 is 1.93 bits per heavy atom. The van der Waals surface area contributed by atoms with E-state index in [0.29, 0.717) is 11.7 Å². The zero-order chi connectivity index (χ0) is 10.7. The zero-order valence-corrected chi connectivity index (χ0v) is 8.73. The van der Waals surface area contributed by atoms with Crippen molar-refractivity contribution >= 4 is 5.97 Å². The predicted octanol–water partition coefficient (Wildman–Crippen LogP) is 2.40. The molecule has 0 saturated heterocycles. The summed E-state index contributed by atoms with van der Waals surface area (Å²) in [5, 5.41) is 0. The fourth-order valence-electron chi connectivity index (χ4n) is 1.47. The van der Waals surface area contributed by atoms with Gasteiger partial charge in [-0.25, -0.2) is 4.79 Å². The highest BCUT2D eigenvalue weighted by atomic mass is 16.5. The lowest BCUT2D eigenvalue weighted by Crippen LogP contribution is -2.24. The molecule has 0 radical (unpaired) electrons. The van der Waals surface area contributed by atoms with Gasteiger partial charge in [0.1, 0.15) is 5.75 Å². The second-order valence-corrected chi connectivity index (χ2v) is 3.69. The van der Waals surface area contributed by atoms with E-state index in [1.807, 2.05) is 12.1 Å². The number of rotatable bonds is 3. The van der Waals surface area contributed by atoms with E-state index in [0.717, 1.165) is 18.6 Å². The second-order valence-electron chi connectivity index (χ2n) is 3.69. The van der Waals surface area contributed by atoms with E-state index in [-0.39, 0.29) is 5.97 Å². The Balaban J connectivity index is 1.99. The Labute approximate surface area is 89.0 Å². The highest BCUT2D eigenvalue weighted by molar-refractivity contribution is 5.89. The molecule has 2 rings (SSSR count). The van der Waals surface area contributed by atoms with Crippen molar-refractivity contribution in [1.82, 2.24) is 0 Å². The molecule has 0 heterocycles. The van der Waals surface area contributed by atoms with Gasteiger partial charge >= 0.3 is 5.97 Å². The molecule has 1 aliphatic carbocycles. The van der Waals surface area contributed by atoms with Crippen molar-refractivity contribution in [3.05, 3.63) is 29.8 Å². The SMILES string of the molecule is COC(=O)c1ccc(OC2CCC2)cc1. The van der Waals surface area contributed by atoms with Gasteiger partial charge in [0, 0.05) is 0 Å². The van der Waals surface area contributed by atoms with Crippen LogP contribution in [-0.4, -0.2) is 19.2 Å². The first-order chi connectivity index (χ1) is 7.29. The predicted molar refractivity (Wildman–Crippen MR) is 56.0 cm³/mol. The molecule has 0 aromatic heterocycles. The number of carbonyl (C=O) groups excluding carboxylic acids is 1. The molecule has 1 aromatic rings. The minimum atomic E-state index is -0.315. The lowest BCUT2D eigenvalue weighted by atomic mass is 9.96. The number of hydrogen-bond donors (Lipinski definition) is 0. The first-order valence-corrected chi connectivity index (χ1v) is 5.14. The minimum absolute atomic E-state index is 0.315. The monoisotopic (exact) mass is 206 g/mol. The lowest BCUT2D eigenvalue weighted by molar-refractivity contribution is 0.0600. The van der Waals surface area contributed by atoms with E-state index in [4.69, 9.17) is 4.74 Å². The molecule has 0 unspecified atom stereocenters. The first kappa shape index (κ1) is 10.0. The topological polar surface area (TPSA) is 35.5 Å². The molecule has 0 atom stereocenters. The van der Waals surface area contributed by atoms with Gasteiger partial charge in [-0.1, -0.05) is 0 Å². The van der Waals surface area contributed by atoms with Crippen LogP contribution in [0.2, 0.25) is 0 Å². The van der Waals surface area contributed by atoms with Crippen molar-refractivity contribution in [2.75, 3.05) is 7.11 Å². The number of ether oxygens (including phenoxy) is 2. The van der Waals surface area contributed by atoms with Crippen molar-refractivity contribution in [3.8, 4) is 5.75 Å². The molecule has 1 saturated carbocycles. The molecule has 3 heteroatoms. The van der Waals surface area contributed by atoms with Crippen molar-refractivity contribution < 1.29 is 14.3 Å². The summed E-state index contributed by atoms with van der Waals surface area (Å²) in [5.74, 6) is 0.512. The quantitative estimate of drug-likeness (QED) is 0.712. The molecule has 0 spiro atoms. The highest BCUT2D eigenvalue weighted by Gasteiger charge is 2.18. The maximum Gasteiger partial charge on any atom is 0.337 e. The molecule has 15 heavy (non-hydrogen) atoms. The van der Waals surface area contributed by atoms with Crippen molar-refractivity contribution in [2.45, 2.75) is 25.4 Å². The summed E-state index contributed by atoms with van der Waals surface area (Å²) in [7, 11) is 1.38. The molecule has 0 bridgehead atoms. The van der Waals surface area contributed by atoms with Crippen LogP contribution in [0, 0.1) is 0 Å². The molecule has 1 aliphatic rings. The van der Waals surface area contributed by atoms with Crippen LogP contribution in [0.3, 0.4) is 0 Å². The van der Waals surface area contributed by atoms with E-state index in [9.17, 15) is 4.79 Å². The third kappa shape index (κ3) is 2.29. The molecule has 0 N–H and O–H groups in total. The summed E-state index contributed by atoms with van der Waals surface area (Å²) in [4.78, 5) is 11.2. The Kier molecular flexibility index (Phi) is 2.90. The van der Waals surface area contributed by atoms with Gasteiger partial charge < -0.3 is 9.47 Å². The van der Waals surface area contributed by atoms with E-state index in [2.05, 4.69) is 4.74 Å². The Morgan fingerprint density at radius 1 is 1.27 bits per heavy atom. The van der Waals surface area contributed by atoms with Gasteiger partial charge in [-0.3, -0.25) is 0 Å². The third-order valence-corrected chi connectivity index (χ3v) is 2.63. The molecular weight excluding hydrogens is 192 g/mol. The molecule has 3 nitrogen and oxygen atoms in total. The van der Waals surface area contributed by atoms with Crippen LogP contribution in [0.4, 0.5) is 0 Å². The molecule has 80 valence electrons. The van der Waals surface area contributed by atoms with Crippen LogP contribution >= 0.6 is 0 Å². The maximum absolute atomic E-state index is 11.2. The minimum Gasteiger partial charge on any atom is -0.490 e. The van der Waals surface area contributed by atoms with Gasteiger partial charge in [0.25, 0.3) is 0 Å². The van der Waals surface area contributed by atoms with Crippen LogP contribution in [0.15, 0.2) is 24.3 Å². The average Bonchev–Trinajstić information content (AvgIpc) is 2.23. The van der Waals surface area contributed by atoms with E-state index in [1.165, 1.54) is 13.5 Å². The fourth-order valence-corrected chi connectivity index (χ4v) is 1.47. The molecular formula is C12H14O3. The van der Waals surface area contributed by atoms with Crippen molar-refractivity contribution in [3.63, 3.8) is 0 Å². The van der Waals surface area contributed by atoms with Crippen LogP contribution in [0.1, 0.15) is 29.6 Å². The van der Waals surface area contributed by atoms with Gasteiger partial charge in [-0.05, 0) is 43.5 Å². The number of hydrogen-bond acceptors (Lipinski definition) is 3. The molecule has 1 fully saturated rings. The standard InChI is InChI=1S/C12H14O3/c1-14-12(13)9-5-7-11(8-6-9)15-10-3-2-4-10/h5-8,10H,2-4H2,1H3. The average molecular weight is 206 g/mol. The third-order valence-electron chi connectivity index (χ3n) is 2.63. The highest BCUT2D eigenvalue weighted by Crippen LogP contribution is 2.25. The maximum atomic E-state index is 11.2. The van der Waals surface area contributed by atoms with Crippen LogP contribution in [0.25, 0.3) is 0 Å². The first-order valence-electron chi connectivity index (χ1n) is 5.14. The number of carbonyl (C=O) groups is 1.